The molecule has 2 fully saturated rings. The number of carbonyl (C=O) groups excluding carboxylic acids is 1. The van der Waals surface area contributed by atoms with E-state index in [9.17, 15) is 9.90 Å². The Kier molecular flexibility index (Phi) is 4.28. The molecule has 0 aromatic rings. The number of hydrogen-bond donors (Lipinski definition) is 2. The van der Waals surface area contributed by atoms with E-state index < -0.39 is 0 Å². The maximum atomic E-state index is 12.6. The van der Waals surface area contributed by atoms with Crippen LogP contribution in [0.15, 0.2) is 0 Å². The number of aliphatic hydroxyl groups excluding tert-OH is 1. The van der Waals surface area contributed by atoms with E-state index in [2.05, 4.69) is 12.2 Å². The van der Waals surface area contributed by atoms with Crippen molar-refractivity contribution >= 4 is 5.91 Å². The molecule has 1 saturated carbocycles. The van der Waals surface area contributed by atoms with Gasteiger partial charge in [0.25, 0.3) is 0 Å². The van der Waals surface area contributed by atoms with Gasteiger partial charge in [0, 0.05) is 13.6 Å². The molecule has 1 aliphatic heterocycles. The van der Waals surface area contributed by atoms with Crippen molar-refractivity contribution < 1.29 is 9.90 Å². The fraction of sp³-hybridized carbons (Fsp3) is 0.929. The summed E-state index contributed by atoms with van der Waals surface area (Å²) in [4.78, 5) is 14.5. The van der Waals surface area contributed by atoms with Gasteiger partial charge >= 0.3 is 0 Å². The molecule has 0 spiro atoms. The number of hydrogen-bond acceptors (Lipinski definition) is 3. The van der Waals surface area contributed by atoms with Gasteiger partial charge in [0.15, 0.2) is 0 Å². The van der Waals surface area contributed by atoms with Crippen molar-refractivity contribution in [1.29, 1.82) is 0 Å². The number of rotatable bonds is 5. The van der Waals surface area contributed by atoms with Crippen LogP contribution >= 0.6 is 0 Å². The Morgan fingerprint density at radius 3 is 2.72 bits per heavy atom. The molecule has 18 heavy (non-hydrogen) atoms. The van der Waals surface area contributed by atoms with Crippen LogP contribution in [-0.4, -0.2) is 47.7 Å². The molecule has 1 aliphatic carbocycles. The molecule has 0 bridgehead atoms. The predicted molar refractivity (Wildman–Crippen MR) is 71.2 cm³/mol. The van der Waals surface area contributed by atoms with Gasteiger partial charge in [-0.05, 0) is 44.6 Å². The Labute approximate surface area is 110 Å². The van der Waals surface area contributed by atoms with Gasteiger partial charge in [0.2, 0.25) is 5.91 Å². The van der Waals surface area contributed by atoms with Crippen LogP contribution in [0.25, 0.3) is 0 Å². The van der Waals surface area contributed by atoms with E-state index in [1.165, 1.54) is 0 Å². The SMILES string of the molecule is CCCC1(C(=O)N(C)CC2CC(O)C2)CCCN1. The summed E-state index contributed by atoms with van der Waals surface area (Å²) in [6.45, 7) is 3.89. The molecule has 1 saturated heterocycles. The second kappa shape index (κ2) is 5.57. The van der Waals surface area contributed by atoms with Gasteiger partial charge in [-0.3, -0.25) is 4.79 Å². The van der Waals surface area contributed by atoms with E-state index in [-0.39, 0.29) is 17.6 Å². The van der Waals surface area contributed by atoms with Crippen LogP contribution in [0.3, 0.4) is 0 Å². The minimum Gasteiger partial charge on any atom is -0.393 e. The molecule has 1 unspecified atom stereocenters. The fourth-order valence-corrected chi connectivity index (χ4v) is 3.42. The minimum absolute atomic E-state index is 0.132. The number of nitrogens with zero attached hydrogens (tertiary/aromatic N) is 1. The van der Waals surface area contributed by atoms with Gasteiger partial charge in [-0.15, -0.1) is 0 Å². The first-order valence-corrected chi connectivity index (χ1v) is 7.26. The van der Waals surface area contributed by atoms with Crippen LogP contribution in [0.4, 0.5) is 0 Å². The van der Waals surface area contributed by atoms with Gasteiger partial charge in [0.1, 0.15) is 0 Å². The molecule has 1 amide bonds. The van der Waals surface area contributed by atoms with Crippen LogP contribution < -0.4 is 5.32 Å². The van der Waals surface area contributed by atoms with Crippen molar-refractivity contribution in [1.82, 2.24) is 10.2 Å². The average Bonchev–Trinajstić information content (AvgIpc) is 2.76. The smallest absolute Gasteiger partial charge is 0.242 e. The second-order valence-electron chi connectivity index (χ2n) is 6.04. The fourth-order valence-electron chi connectivity index (χ4n) is 3.42. The maximum absolute atomic E-state index is 12.6. The third-order valence-corrected chi connectivity index (χ3v) is 4.42. The Balaban J connectivity index is 1.91. The summed E-state index contributed by atoms with van der Waals surface area (Å²) in [7, 11) is 1.91. The van der Waals surface area contributed by atoms with Crippen molar-refractivity contribution in [2.45, 2.75) is 57.1 Å². The summed E-state index contributed by atoms with van der Waals surface area (Å²) in [6.07, 6.45) is 5.61. The first kappa shape index (κ1) is 13.8. The molecule has 2 aliphatic rings. The zero-order valence-corrected chi connectivity index (χ0v) is 11.6. The summed E-state index contributed by atoms with van der Waals surface area (Å²) < 4.78 is 0. The first-order chi connectivity index (χ1) is 8.57. The molecule has 1 atom stereocenters. The molecule has 0 radical (unpaired) electrons. The minimum atomic E-state index is -0.300. The molecule has 4 nitrogen and oxygen atoms in total. The van der Waals surface area contributed by atoms with Crippen LogP contribution in [-0.2, 0) is 4.79 Å². The summed E-state index contributed by atoms with van der Waals surface area (Å²) >= 11 is 0. The Morgan fingerprint density at radius 1 is 1.50 bits per heavy atom. The summed E-state index contributed by atoms with van der Waals surface area (Å²) in [5.41, 5.74) is -0.300. The summed E-state index contributed by atoms with van der Waals surface area (Å²) in [6, 6.07) is 0. The molecular weight excluding hydrogens is 228 g/mol. The predicted octanol–water partition coefficient (Wildman–Crippen LogP) is 1.14. The lowest BCUT2D eigenvalue weighted by Gasteiger charge is -2.38. The van der Waals surface area contributed by atoms with Crippen molar-refractivity contribution in [3.63, 3.8) is 0 Å². The van der Waals surface area contributed by atoms with E-state index in [0.29, 0.717) is 5.92 Å². The van der Waals surface area contributed by atoms with Gasteiger partial charge in [-0.1, -0.05) is 13.3 Å². The Hall–Kier alpha value is -0.610. The lowest BCUT2D eigenvalue weighted by Crippen LogP contribution is -2.55. The van der Waals surface area contributed by atoms with Crippen LogP contribution in [0.1, 0.15) is 45.4 Å². The topological polar surface area (TPSA) is 52.6 Å². The standard InChI is InChI=1S/C14H26N2O2/c1-3-5-14(6-4-7-15-14)13(18)16(2)10-11-8-12(17)9-11/h11-12,15,17H,3-10H2,1-2H3. The summed E-state index contributed by atoms with van der Waals surface area (Å²) in [5.74, 6) is 0.747. The van der Waals surface area contributed by atoms with Gasteiger partial charge in [-0.2, -0.15) is 0 Å². The lowest BCUT2D eigenvalue weighted by molar-refractivity contribution is -0.138. The number of amides is 1. The van der Waals surface area contributed by atoms with E-state index in [1.807, 2.05) is 11.9 Å². The second-order valence-corrected chi connectivity index (χ2v) is 6.04. The number of likely N-dealkylation sites (N-methyl/N-ethyl adjacent to an activating group) is 1. The molecular formula is C14H26N2O2. The number of nitrogens with one attached hydrogen (secondary N) is 1. The highest BCUT2D eigenvalue weighted by molar-refractivity contribution is 5.86. The molecule has 4 heteroatoms. The van der Waals surface area contributed by atoms with Crippen molar-refractivity contribution in [3.05, 3.63) is 0 Å². The Morgan fingerprint density at radius 2 is 2.22 bits per heavy atom. The molecule has 0 aromatic heterocycles. The van der Waals surface area contributed by atoms with Crippen molar-refractivity contribution in [2.75, 3.05) is 20.1 Å². The Bertz CT molecular complexity index is 294. The number of aliphatic hydroxyl groups is 1. The third-order valence-electron chi connectivity index (χ3n) is 4.42. The zero-order valence-electron chi connectivity index (χ0n) is 11.6. The first-order valence-electron chi connectivity index (χ1n) is 7.26. The molecule has 2 rings (SSSR count). The van der Waals surface area contributed by atoms with Gasteiger partial charge in [-0.25, -0.2) is 0 Å². The highest BCUT2D eigenvalue weighted by atomic mass is 16.3. The quantitative estimate of drug-likeness (QED) is 0.773. The van der Waals surface area contributed by atoms with Crippen LogP contribution in [0.2, 0.25) is 0 Å². The van der Waals surface area contributed by atoms with Gasteiger partial charge in [0.05, 0.1) is 11.6 Å². The van der Waals surface area contributed by atoms with Crippen molar-refractivity contribution in [2.24, 2.45) is 5.92 Å². The van der Waals surface area contributed by atoms with Crippen LogP contribution in [0, 0.1) is 5.92 Å². The van der Waals surface area contributed by atoms with E-state index in [0.717, 1.165) is 51.6 Å². The maximum Gasteiger partial charge on any atom is 0.242 e. The van der Waals surface area contributed by atoms with E-state index in [1.54, 1.807) is 0 Å². The zero-order chi connectivity index (χ0) is 13.2. The molecule has 2 N–H and O–H groups in total. The van der Waals surface area contributed by atoms with Gasteiger partial charge < -0.3 is 15.3 Å². The molecule has 104 valence electrons. The third kappa shape index (κ3) is 2.69. The summed E-state index contributed by atoms with van der Waals surface area (Å²) in [5, 5.41) is 12.7. The highest BCUT2D eigenvalue weighted by Crippen LogP contribution is 2.30. The number of carbonyl (C=O) groups is 1. The lowest BCUT2D eigenvalue weighted by atomic mass is 9.81. The average molecular weight is 254 g/mol. The molecule has 0 aromatic carbocycles. The normalized spacial score (nSPS) is 35.3. The largest absolute Gasteiger partial charge is 0.393 e. The van der Waals surface area contributed by atoms with E-state index >= 15 is 0 Å². The highest BCUT2D eigenvalue weighted by Gasteiger charge is 2.42. The monoisotopic (exact) mass is 254 g/mol. The van der Waals surface area contributed by atoms with Crippen LogP contribution in [0.5, 0.6) is 0 Å². The van der Waals surface area contributed by atoms with Crippen molar-refractivity contribution in [3.8, 4) is 0 Å². The molecule has 1 heterocycles. The van der Waals surface area contributed by atoms with E-state index in [4.69, 9.17) is 0 Å².